The fraction of sp³-hybridized carbons (Fsp3) is 0.571. The van der Waals surface area contributed by atoms with Gasteiger partial charge in [-0.2, -0.15) is 0 Å². The maximum absolute atomic E-state index is 5.97. The van der Waals surface area contributed by atoms with Crippen molar-refractivity contribution < 1.29 is 9.47 Å². The molecule has 0 bridgehead atoms. The molecule has 0 spiro atoms. The summed E-state index contributed by atoms with van der Waals surface area (Å²) in [4.78, 5) is 0. The van der Waals surface area contributed by atoms with Gasteiger partial charge >= 0.3 is 0 Å². The van der Waals surface area contributed by atoms with E-state index in [4.69, 9.17) is 26.8 Å². The lowest BCUT2D eigenvalue weighted by Gasteiger charge is -2.08. The standard InChI is InChI=1S/C14H22ClNO2/c15-13-7-2-3-8-14(13)18-12-6-11-17-10-5-1-4-9-16/h2-3,7-8H,1,4-6,9-12,16H2. The topological polar surface area (TPSA) is 44.5 Å². The van der Waals surface area contributed by atoms with Crippen molar-refractivity contribution in [2.45, 2.75) is 25.7 Å². The molecule has 0 radical (unpaired) electrons. The molecule has 1 aromatic rings. The minimum atomic E-state index is 0.631. The van der Waals surface area contributed by atoms with E-state index in [1.54, 1.807) is 0 Å². The summed E-state index contributed by atoms with van der Waals surface area (Å²) in [6.07, 6.45) is 4.19. The number of benzene rings is 1. The van der Waals surface area contributed by atoms with E-state index < -0.39 is 0 Å². The number of hydrogen-bond donors (Lipinski definition) is 1. The lowest BCUT2D eigenvalue weighted by atomic mass is 10.2. The molecular formula is C14H22ClNO2. The smallest absolute Gasteiger partial charge is 0.137 e. The molecule has 0 aliphatic rings. The molecule has 0 saturated carbocycles. The highest BCUT2D eigenvalue weighted by atomic mass is 35.5. The van der Waals surface area contributed by atoms with Crippen LogP contribution in [0.1, 0.15) is 25.7 Å². The van der Waals surface area contributed by atoms with E-state index in [0.717, 1.165) is 51.2 Å². The molecule has 0 atom stereocenters. The molecule has 0 aliphatic carbocycles. The SMILES string of the molecule is NCCCCCOCCCOc1ccccc1Cl. The Hall–Kier alpha value is -0.770. The Balaban J connectivity index is 1.94. The molecular weight excluding hydrogens is 250 g/mol. The molecule has 4 heteroatoms. The van der Waals surface area contributed by atoms with Gasteiger partial charge in [-0.3, -0.25) is 0 Å². The summed E-state index contributed by atoms with van der Waals surface area (Å²) in [6.45, 7) is 2.94. The van der Waals surface area contributed by atoms with Gasteiger partial charge in [0, 0.05) is 19.6 Å². The molecule has 3 nitrogen and oxygen atoms in total. The Morgan fingerprint density at radius 1 is 0.944 bits per heavy atom. The van der Waals surface area contributed by atoms with Crippen molar-refractivity contribution in [3.8, 4) is 5.75 Å². The highest BCUT2D eigenvalue weighted by Crippen LogP contribution is 2.22. The number of para-hydroxylation sites is 1. The number of hydrogen-bond acceptors (Lipinski definition) is 3. The van der Waals surface area contributed by atoms with Gasteiger partial charge < -0.3 is 15.2 Å². The lowest BCUT2D eigenvalue weighted by Crippen LogP contribution is -2.05. The molecule has 0 unspecified atom stereocenters. The third-order valence-corrected chi connectivity index (χ3v) is 2.83. The molecule has 0 aromatic heterocycles. The van der Waals surface area contributed by atoms with Crippen molar-refractivity contribution >= 4 is 11.6 Å². The Labute approximate surface area is 114 Å². The quantitative estimate of drug-likeness (QED) is 0.665. The molecule has 0 saturated heterocycles. The molecule has 0 fully saturated rings. The molecule has 0 heterocycles. The van der Waals surface area contributed by atoms with E-state index in [1.165, 1.54) is 0 Å². The highest BCUT2D eigenvalue weighted by Gasteiger charge is 1.98. The van der Waals surface area contributed by atoms with E-state index in [-0.39, 0.29) is 0 Å². The van der Waals surface area contributed by atoms with Crippen LogP contribution in [0.25, 0.3) is 0 Å². The van der Waals surface area contributed by atoms with Crippen molar-refractivity contribution in [1.82, 2.24) is 0 Å². The van der Waals surface area contributed by atoms with Gasteiger partial charge in [-0.25, -0.2) is 0 Å². The van der Waals surface area contributed by atoms with Crippen LogP contribution in [0.3, 0.4) is 0 Å². The van der Waals surface area contributed by atoms with Gasteiger partial charge in [0.2, 0.25) is 0 Å². The van der Waals surface area contributed by atoms with Crippen LogP contribution in [-0.2, 0) is 4.74 Å². The molecule has 18 heavy (non-hydrogen) atoms. The first kappa shape index (κ1) is 15.3. The molecule has 102 valence electrons. The zero-order chi connectivity index (χ0) is 13.1. The Kier molecular flexibility index (Phi) is 8.65. The summed E-state index contributed by atoms with van der Waals surface area (Å²) in [5.74, 6) is 0.738. The molecule has 1 aromatic carbocycles. The Morgan fingerprint density at radius 2 is 1.72 bits per heavy atom. The van der Waals surface area contributed by atoms with Crippen molar-refractivity contribution in [2.75, 3.05) is 26.4 Å². The van der Waals surface area contributed by atoms with Gasteiger partial charge in [-0.05, 0) is 37.9 Å². The zero-order valence-electron chi connectivity index (χ0n) is 10.7. The predicted octanol–water partition coefficient (Wildman–Crippen LogP) is 3.25. The molecule has 1 rings (SSSR count). The monoisotopic (exact) mass is 271 g/mol. The van der Waals surface area contributed by atoms with E-state index in [0.29, 0.717) is 11.6 Å². The number of halogens is 1. The third-order valence-electron chi connectivity index (χ3n) is 2.52. The van der Waals surface area contributed by atoms with Crippen LogP contribution >= 0.6 is 11.6 Å². The Morgan fingerprint density at radius 3 is 2.50 bits per heavy atom. The first-order chi connectivity index (χ1) is 8.84. The van der Waals surface area contributed by atoms with Gasteiger partial charge in [-0.15, -0.1) is 0 Å². The van der Waals surface area contributed by atoms with E-state index in [9.17, 15) is 0 Å². The van der Waals surface area contributed by atoms with Crippen LogP contribution in [-0.4, -0.2) is 26.4 Å². The summed E-state index contributed by atoms with van der Waals surface area (Å²) >= 11 is 5.97. The average Bonchev–Trinajstić information content (AvgIpc) is 2.39. The van der Waals surface area contributed by atoms with Crippen LogP contribution in [0, 0.1) is 0 Å². The third kappa shape index (κ3) is 6.84. The second-order valence-corrected chi connectivity index (χ2v) is 4.50. The highest BCUT2D eigenvalue weighted by molar-refractivity contribution is 6.32. The van der Waals surface area contributed by atoms with Gasteiger partial charge in [0.25, 0.3) is 0 Å². The number of unbranched alkanes of at least 4 members (excludes halogenated alkanes) is 2. The summed E-state index contributed by atoms with van der Waals surface area (Å²) in [7, 11) is 0. The minimum absolute atomic E-state index is 0.631. The maximum Gasteiger partial charge on any atom is 0.137 e. The van der Waals surface area contributed by atoms with Crippen LogP contribution < -0.4 is 10.5 Å². The average molecular weight is 272 g/mol. The second-order valence-electron chi connectivity index (χ2n) is 4.09. The van der Waals surface area contributed by atoms with Crippen LogP contribution in [0.2, 0.25) is 5.02 Å². The fourth-order valence-electron chi connectivity index (χ4n) is 1.53. The predicted molar refractivity (Wildman–Crippen MR) is 75.3 cm³/mol. The van der Waals surface area contributed by atoms with E-state index in [2.05, 4.69) is 0 Å². The first-order valence-corrected chi connectivity index (χ1v) is 6.87. The summed E-state index contributed by atoms with van der Waals surface area (Å²) in [6, 6.07) is 7.50. The Bertz CT molecular complexity index is 320. The minimum Gasteiger partial charge on any atom is -0.492 e. The molecule has 0 amide bonds. The first-order valence-electron chi connectivity index (χ1n) is 6.49. The summed E-state index contributed by atoms with van der Waals surface area (Å²) in [5.41, 5.74) is 5.41. The lowest BCUT2D eigenvalue weighted by molar-refractivity contribution is 0.116. The van der Waals surface area contributed by atoms with Crippen LogP contribution in [0.4, 0.5) is 0 Å². The fourth-order valence-corrected chi connectivity index (χ4v) is 1.72. The van der Waals surface area contributed by atoms with Gasteiger partial charge in [-0.1, -0.05) is 23.7 Å². The van der Waals surface area contributed by atoms with Gasteiger partial charge in [0.1, 0.15) is 5.75 Å². The van der Waals surface area contributed by atoms with Crippen molar-refractivity contribution in [2.24, 2.45) is 5.73 Å². The van der Waals surface area contributed by atoms with E-state index in [1.807, 2.05) is 24.3 Å². The number of nitrogens with two attached hydrogens (primary N) is 1. The van der Waals surface area contributed by atoms with Crippen LogP contribution in [0.15, 0.2) is 24.3 Å². The van der Waals surface area contributed by atoms with Crippen molar-refractivity contribution in [3.63, 3.8) is 0 Å². The van der Waals surface area contributed by atoms with Crippen molar-refractivity contribution in [3.05, 3.63) is 29.3 Å². The summed E-state index contributed by atoms with van der Waals surface area (Å²) < 4.78 is 11.0. The van der Waals surface area contributed by atoms with Crippen molar-refractivity contribution in [1.29, 1.82) is 0 Å². The second kappa shape index (κ2) is 10.2. The zero-order valence-corrected chi connectivity index (χ0v) is 11.5. The molecule has 2 N–H and O–H groups in total. The number of rotatable bonds is 10. The largest absolute Gasteiger partial charge is 0.492 e. The maximum atomic E-state index is 5.97. The number of ether oxygens (including phenoxy) is 2. The summed E-state index contributed by atoms with van der Waals surface area (Å²) in [5, 5.41) is 0.653. The molecule has 0 aliphatic heterocycles. The van der Waals surface area contributed by atoms with Gasteiger partial charge in [0.15, 0.2) is 0 Å². The van der Waals surface area contributed by atoms with E-state index >= 15 is 0 Å². The van der Waals surface area contributed by atoms with Crippen LogP contribution in [0.5, 0.6) is 5.75 Å². The normalized spacial score (nSPS) is 10.6. The van der Waals surface area contributed by atoms with Gasteiger partial charge in [0.05, 0.1) is 11.6 Å².